The first-order valence-electron chi connectivity index (χ1n) is 8.67. The van der Waals surface area contributed by atoms with Gasteiger partial charge in [-0.2, -0.15) is 5.26 Å². The lowest BCUT2D eigenvalue weighted by Gasteiger charge is -2.10. The highest BCUT2D eigenvalue weighted by Gasteiger charge is 2.25. The van der Waals surface area contributed by atoms with Gasteiger partial charge in [-0.05, 0) is 38.5 Å². The number of benzene rings is 1. The lowest BCUT2D eigenvalue weighted by Crippen LogP contribution is -2.13. The number of rotatable bonds is 8. The molecule has 0 fully saturated rings. The Kier molecular flexibility index (Phi) is 7.18. The Morgan fingerprint density at radius 3 is 2.54 bits per heavy atom. The first-order valence-corrected chi connectivity index (χ1v) is 8.67. The van der Waals surface area contributed by atoms with Gasteiger partial charge in [0.1, 0.15) is 12.3 Å². The van der Waals surface area contributed by atoms with Crippen LogP contribution >= 0.6 is 0 Å². The van der Waals surface area contributed by atoms with Gasteiger partial charge >= 0.3 is 11.9 Å². The summed E-state index contributed by atoms with van der Waals surface area (Å²) in [4.78, 5) is 27.8. The fraction of sp³-hybridized carbons (Fsp3) is 0.350. The molecule has 0 unspecified atom stereocenters. The normalized spacial score (nSPS) is 10.2. The summed E-state index contributed by atoms with van der Waals surface area (Å²) in [5.74, 6) is -0.755. The SMILES string of the molecule is CCOc1cc(C#N)ccc1OC(=O)c1[nH]c(C)c(C(=O)OCCOC)c1C. The van der Waals surface area contributed by atoms with Crippen molar-refractivity contribution in [3.8, 4) is 17.6 Å². The Morgan fingerprint density at radius 1 is 1.14 bits per heavy atom. The molecule has 8 heteroatoms. The van der Waals surface area contributed by atoms with E-state index in [0.29, 0.717) is 23.4 Å². The Balaban J connectivity index is 2.25. The van der Waals surface area contributed by atoms with Crippen molar-refractivity contribution in [1.29, 1.82) is 5.26 Å². The topological polar surface area (TPSA) is 111 Å². The van der Waals surface area contributed by atoms with Crippen LogP contribution in [0.2, 0.25) is 0 Å². The van der Waals surface area contributed by atoms with E-state index in [9.17, 15) is 9.59 Å². The van der Waals surface area contributed by atoms with Crippen LogP contribution in [0.15, 0.2) is 18.2 Å². The predicted molar refractivity (Wildman–Crippen MR) is 99.7 cm³/mol. The average molecular weight is 386 g/mol. The molecule has 0 spiro atoms. The van der Waals surface area contributed by atoms with E-state index in [2.05, 4.69) is 4.98 Å². The highest BCUT2D eigenvalue weighted by Crippen LogP contribution is 2.30. The van der Waals surface area contributed by atoms with Gasteiger partial charge in [0, 0.05) is 18.9 Å². The van der Waals surface area contributed by atoms with Gasteiger partial charge in [-0.25, -0.2) is 9.59 Å². The van der Waals surface area contributed by atoms with Crippen molar-refractivity contribution < 1.29 is 28.5 Å². The number of methoxy groups -OCH3 is 1. The Morgan fingerprint density at radius 2 is 1.89 bits per heavy atom. The third-order valence-corrected chi connectivity index (χ3v) is 3.94. The quantitative estimate of drug-likeness (QED) is 0.422. The molecule has 2 rings (SSSR count). The molecule has 148 valence electrons. The van der Waals surface area contributed by atoms with Gasteiger partial charge in [-0.1, -0.05) is 0 Å². The van der Waals surface area contributed by atoms with Gasteiger partial charge in [0.2, 0.25) is 0 Å². The molecule has 0 amide bonds. The summed E-state index contributed by atoms with van der Waals surface area (Å²) < 4.78 is 20.9. The molecule has 0 saturated heterocycles. The van der Waals surface area contributed by atoms with Crippen LogP contribution < -0.4 is 9.47 Å². The molecule has 0 aliphatic carbocycles. The summed E-state index contributed by atoms with van der Waals surface area (Å²) in [7, 11) is 1.51. The minimum Gasteiger partial charge on any atom is -0.490 e. The smallest absolute Gasteiger partial charge is 0.360 e. The van der Waals surface area contributed by atoms with Crippen molar-refractivity contribution in [2.24, 2.45) is 0 Å². The molecular weight excluding hydrogens is 364 g/mol. The number of aromatic nitrogens is 1. The molecule has 1 aromatic carbocycles. The third kappa shape index (κ3) is 4.69. The summed E-state index contributed by atoms with van der Waals surface area (Å²) >= 11 is 0. The Labute approximate surface area is 163 Å². The number of nitrogens with zero attached hydrogens (tertiary/aromatic N) is 1. The molecule has 8 nitrogen and oxygen atoms in total. The van der Waals surface area contributed by atoms with Crippen LogP contribution in [-0.2, 0) is 9.47 Å². The van der Waals surface area contributed by atoms with E-state index in [1.165, 1.54) is 25.3 Å². The summed E-state index contributed by atoms with van der Waals surface area (Å²) in [6.07, 6.45) is 0. The van der Waals surface area contributed by atoms with Crippen LogP contribution in [0.1, 0.15) is 44.6 Å². The number of hydrogen-bond acceptors (Lipinski definition) is 7. The van der Waals surface area contributed by atoms with Crippen molar-refractivity contribution in [1.82, 2.24) is 4.98 Å². The highest BCUT2D eigenvalue weighted by molar-refractivity contribution is 5.99. The summed E-state index contributed by atoms with van der Waals surface area (Å²) in [5, 5.41) is 9.01. The molecule has 0 bridgehead atoms. The number of ether oxygens (including phenoxy) is 4. The molecule has 0 aliphatic rings. The number of carbonyl (C=O) groups is 2. The summed E-state index contributed by atoms with van der Waals surface area (Å²) in [6.45, 7) is 5.82. The van der Waals surface area contributed by atoms with Crippen molar-refractivity contribution in [3.63, 3.8) is 0 Å². The molecule has 2 aromatic rings. The van der Waals surface area contributed by atoms with Crippen LogP contribution in [0.3, 0.4) is 0 Å². The van der Waals surface area contributed by atoms with Crippen molar-refractivity contribution in [3.05, 3.63) is 46.3 Å². The van der Waals surface area contributed by atoms with Gasteiger partial charge in [0.15, 0.2) is 11.5 Å². The molecule has 1 aromatic heterocycles. The van der Waals surface area contributed by atoms with Crippen molar-refractivity contribution in [2.75, 3.05) is 26.9 Å². The number of nitriles is 1. The second-order valence-electron chi connectivity index (χ2n) is 5.85. The molecule has 0 atom stereocenters. The van der Waals surface area contributed by atoms with E-state index in [1.807, 2.05) is 6.07 Å². The molecule has 0 radical (unpaired) electrons. The number of hydrogen-bond donors (Lipinski definition) is 1. The zero-order valence-corrected chi connectivity index (χ0v) is 16.3. The van der Waals surface area contributed by atoms with Crippen LogP contribution in [0, 0.1) is 25.2 Å². The first kappa shape index (κ1) is 21.0. The van der Waals surface area contributed by atoms with Gasteiger partial charge in [0.25, 0.3) is 0 Å². The summed E-state index contributed by atoms with van der Waals surface area (Å²) in [6, 6.07) is 6.52. The first-order chi connectivity index (χ1) is 13.4. The Bertz CT molecular complexity index is 910. The fourth-order valence-corrected chi connectivity index (χ4v) is 2.63. The lowest BCUT2D eigenvalue weighted by atomic mass is 10.1. The molecule has 1 N–H and O–H groups in total. The zero-order valence-electron chi connectivity index (χ0n) is 16.3. The Hall–Kier alpha value is -3.31. The standard InChI is InChI=1S/C20H22N2O6/c1-5-26-16-10-14(11-21)6-7-15(16)28-20(24)18-12(2)17(13(3)22-18)19(23)27-9-8-25-4/h6-7,10,22H,5,8-9H2,1-4H3. The van der Waals surface area contributed by atoms with Gasteiger partial charge in [0.05, 0.1) is 30.4 Å². The number of aromatic amines is 1. The average Bonchev–Trinajstić information content (AvgIpc) is 2.97. The van der Waals surface area contributed by atoms with E-state index in [4.69, 9.17) is 24.2 Å². The monoisotopic (exact) mass is 386 g/mol. The second-order valence-corrected chi connectivity index (χ2v) is 5.85. The maximum atomic E-state index is 12.6. The maximum Gasteiger partial charge on any atom is 0.360 e. The molecule has 1 heterocycles. The van der Waals surface area contributed by atoms with Gasteiger partial charge < -0.3 is 23.9 Å². The van der Waals surface area contributed by atoms with Gasteiger partial charge in [-0.15, -0.1) is 0 Å². The molecule has 0 saturated carbocycles. The van der Waals surface area contributed by atoms with Crippen molar-refractivity contribution in [2.45, 2.75) is 20.8 Å². The fourth-order valence-electron chi connectivity index (χ4n) is 2.63. The second kappa shape index (κ2) is 9.58. The number of nitrogens with one attached hydrogen (secondary N) is 1. The largest absolute Gasteiger partial charge is 0.490 e. The summed E-state index contributed by atoms with van der Waals surface area (Å²) in [5.41, 5.74) is 1.74. The van der Waals surface area contributed by atoms with E-state index < -0.39 is 11.9 Å². The maximum absolute atomic E-state index is 12.6. The molecule has 0 aliphatic heterocycles. The van der Waals surface area contributed by atoms with Gasteiger partial charge in [-0.3, -0.25) is 0 Å². The van der Waals surface area contributed by atoms with E-state index in [-0.39, 0.29) is 36.0 Å². The third-order valence-electron chi connectivity index (χ3n) is 3.94. The van der Waals surface area contributed by atoms with Crippen LogP contribution in [-0.4, -0.2) is 43.9 Å². The number of carbonyl (C=O) groups excluding carboxylic acids is 2. The van der Waals surface area contributed by atoms with Crippen LogP contribution in [0.25, 0.3) is 0 Å². The number of aryl methyl sites for hydroxylation is 1. The van der Waals surface area contributed by atoms with Crippen LogP contribution in [0.4, 0.5) is 0 Å². The molecular formula is C20H22N2O6. The lowest BCUT2D eigenvalue weighted by molar-refractivity contribution is 0.0387. The minimum atomic E-state index is -0.679. The van der Waals surface area contributed by atoms with E-state index in [1.54, 1.807) is 20.8 Å². The molecule has 28 heavy (non-hydrogen) atoms. The van der Waals surface area contributed by atoms with E-state index in [0.717, 1.165) is 0 Å². The van der Waals surface area contributed by atoms with Crippen molar-refractivity contribution >= 4 is 11.9 Å². The minimum absolute atomic E-state index is 0.113. The number of H-pyrrole nitrogens is 1. The van der Waals surface area contributed by atoms with E-state index >= 15 is 0 Å². The number of esters is 2. The zero-order chi connectivity index (χ0) is 20.7. The predicted octanol–water partition coefficient (Wildman–Crippen LogP) is 2.92. The highest BCUT2D eigenvalue weighted by atomic mass is 16.6. The van der Waals surface area contributed by atoms with Crippen LogP contribution in [0.5, 0.6) is 11.5 Å².